The van der Waals surface area contributed by atoms with Gasteiger partial charge in [0.25, 0.3) is 0 Å². The Morgan fingerprint density at radius 2 is 1.81 bits per heavy atom. The van der Waals surface area contributed by atoms with Crippen LogP contribution in [0.4, 0.5) is 0 Å². The van der Waals surface area contributed by atoms with Gasteiger partial charge in [0.2, 0.25) is 0 Å². The Bertz CT molecular complexity index is 1210. The molecule has 0 saturated carbocycles. The van der Waals surface area contributed by atoms with Gasteiger partial charge in [-0.3, -0.25) is 4.98 Å². The van der Waals surface area contributed by atoms with Crippen molar-refractivity contribution in [2.24, 2.45) is 0 Å². The molecule has 2 aromatic heterocycles. The van der Waals surface area contributed by atoms with E-state index in [0.29, 0.717) is 6.42 Å². The molecule has 1 N–H and O–H groups in total. The summed E-state index contributed by atoms with van der Waals surface area (Å²) < 4.78 is 21.7. The standard InChI is InChI=1S/C25H27N3O2S/c1-17-10-9-13-20(24-19-12-5-6-14-22(19)30-27-24)23(17)21(28-31(29)25(2,3)4)16-18-11-7-8-15-26-18/h5-15,21,28H,16H2,1-4H3. The molecule has 160 valence electrons. The van der Waals surface area contributed by atoms with Gasteiger partial charge in [-0.2, -0.15) is 0 Å². The fraction of sp³-hybridized carbons (Fsp3) is 0.280. The summed E-state index contributed by atoms with van der Waals surface area (Å²) in [4.78, 5) is 4.51. The Hall–Kier alpha value is -2.83. The van der Waals surface area contributed by atoms with E-state index in [0.717, 1.165) is 39.0 Å². The van der Waals surface area contributed by atoms with Crippen molar-refractivity contribution in [3.05, 3.63) is 83.7 Å². The van der Waals surface area contributed by atoms with Crippen molar-refractivity contribution in [2.75, 3.05) is 0 Å². The molecular formula is C25H27N3O2S. The van der Waals surface area contributed by atoms with Crippen LogP contribution in [0.5, 0.6) is 0 Å². The van der Waals surface area contributed by atoms with Gasteiger partial charge >= 0.3 is 0 Å². The highest BCUT2D eigenvalue weighted by atomic mass is 32.2. The van der Waals surface area contributed by atoms with Crippen LogP contribution in [0.3, 0.4) is 0 Å². The molecule has 2 aromatic carbocycles. The second-order valence-corrected chi connectivity index (χ2v) is 10.6. The highest BCUT2D eigenvalue weighted by Gasteiger charge is 2.28. The molecule has 0 fully saturated rings. The van der Waals surface area contributed by atoms with E-state index in [1.807, 2.05) is 69.3 Å². The quantitative estimate of drug-likeness (QED) is 0.434. The maximum absolute atomic E-state index is 13.1. The van der Waals surface area contributed by atoms with Crippen LogP contribution in [0, 0.1) is 6.92 Å². The summed E-state index contributed by atoms with van der Waals surface area (Å²) in [6, 6.07) is 19.7. The molecule has 0 bridgehead atoms. The monoisotopic (exact) mass is 433 g/mol. The molecule has 0 saturated heterocycles. The zero-order valence-electron chi connectivity index (χ0n) is 18.3. The van der Waals surface area contributed by atoms with E-state index in [2.05, 4.69) is 33.9 Å². The lowest BCUT2D eigenvalue weighted by Gasteiger charge is -2.27. The second-order valence-electron chi connectivity index (χ2n) is 8.64. The summed E-state index contributed by atoms with van der Waals surface area (Å²) in [5.74, 6) is 0. The molecule has 0 spiro atoms. The van der Waals surface area contributed by atoms with Crippen molar-refractivity contribution < 1.29 is 8.73 Å². The Balaban J connectivity index is 1.85. The number of nitrogens with zero attached hydrogens (tertiary/aromatic N) is 2. The van der Waals surface area contributed by atoms with Crippen LogP contribution in [-0.4, -0.2) is 19.1 Å². The Labute approximate surface area is 185 Å². The van der Waals surface area contributed by atoms with E-state index in [9.17, 15) is 4.21 Å². The molecule has 0 radical (unpaired) electrons. The lowest BCUT2D eigenvalue weighted by Crippen LogP contribution is -2.37. The minimum atomic E-state index is -1.25. The summed E-state index contributed by atoms with van der Waals surface area (Å²) >= 11 is 0. The summed E-state index contributed by atoms with van der Waals surface area (Å²) in [5, 5.41) is 5.35. The van der Waals surface area contributed by atoms with Crippen LogP contribution in [0.25, 0.3) is 22.2 Å². The Morgan fingerprint density at radius 3 is 2.55 bits per heavy atom. The number of para-hydroxylation sites is 1. The molecule has 6 heteroatoms. The molecule has 31 heavy (non-hydrogen) atoms. The van der Waals surface area contributed by atoms with Crippen molar-refractivity contribution >= 4 is 22.0 Å². The maximum Gasteiger partial charge on any atom is 0.167 e. The number of rotatable bonds is 6. The van der Waals surface area contributed by atoms with Gasteiger partial charge in [0, 0.05) is 29.3 Å². The first-order chi connectivity index (χ1) is 14.8. The number of hydrogen-bond donors (Lipinski definition) is 1. The van der Waals surface area contributed by atoms with E-state index in [1.54, 1.807) is 6.20 Å². The van der Waals surface area contributed by atoms with E-state index in [4.69, 9.17) is 4.52 Å². The zero-order valence-corrected chi connectivity index (χ0v) is 19.1. The van der Waals surface area contributed by atoms with Crippen molar-refractivity contribution in [2.45, 2.75) is 44.9 Å². The van der Waals surface area contributed by atoms with Crippen LogP contribution in [0.1, 0.15) is 43.6 Å². The highest BCUT2D eigenvalue weighted by molar-refractivity contribution is 7.84. The van der Waals surface area contributed by atoms with Crippen LogP contribution < -0.4 is 4.72 Å². The number of nitrogens with one attached hydrogen (secondary N) is 1. The van der Waals surface area contributed by atoms with Gasteiger partial charge in [-0.1, -0.05) is 41.6 Å². The minimum absolute atomic E-state index is 0.207. The molecule has 5 nitrogen and oxygen atoms in total. The van der Waals surface area contributed by atoms with Gasteiger partial charge < -0.3 is 4.52 Å². The predicted molar refractivity (Wildman–Crippen MR) is 126 cm³/mol. The van der Waals surface area contributed by atoms with E-state index < -0.39 is 15.7 Å². The number of benzene rings is 2. The highest BCUT2D eigenvalue weighted by Crippen LogP contribution is 2.36. The third-order valence-electron chi connectivity index (χ3n) is 5.25. The van der Waals surface area contributed by atoms with Gasteiger partial charge in [-0.05, 0) is 63.1 Å². The lowest BCUT2D eigenvalue weighted by molar-refractivity contribution is 0.459. The first-order valence-electron chi connectivity index (χ1n) is 10.4. The van der Waals surface area contributed by atoms with Gasteiger partial charge in [-0.25, -0.2) is 8.93 Å². The topological polar surface area (TPSA) is 68.0 Å². The summed E-state index contributed by atoms with van der Waals surface area (Å²) in [7, 11) is -1.25. The largest absolute Gasteiger partial charge is 0.356 e. The summed E-state index contributed by atoms with van der Waals surface area (Å²) in [6.45, 7) is 7.99. The number of pyridine rings is 1. The smallest absolute Gasteiger partial charge is 0.167 e. The number of hydrogen-bond acceptors (Lipinski definition) is 4. The third kappa shape index (κ3) is 4.60. The molecule has 4 rings (SSSR count). The molecule has 0 aliphatic rings. The average molecular weight is 434 g/mol. The lowest BCUT2D eigenvalue weighted by atomic mass is 9.90. The van der Waals surface area contributed by atoms with Crippen molar-refractivity contribution in [1.29, 1.82) is 0 Å². The van der Waals surface area contributed by atoms with Crippen LogP contribution in [0.15, 0.2) is 71.4 Å². The van der Waals surface area contributed by atoms with Crippen LogP contribution in [0.2, 0.25) is 0 Å². The molecule has 2 unspecified atom stereocenters. The summed E-state index contributed by atoms with van der Waals surface area (Å²) in [6.07, 6.45) is 2.40. The second kappa shape index (κ2) is 8.73. The molecule has 2 heterocycles. The maximum atomic E-state index is 13.1. The molecular weight excluding hydrogens is 406 g/mol. The van der Waals surface area contributed by atoms with E-state index in [1.165, 1.54) is 0 Å². The SMILES string of the molecule is Cc1cccc(-c2noc3ccccc23)c1C(Cc1ccccn1)NS(=O)C(C)(C)C. The molecule has 2 atom stereocenters. The van der Waals surface area contributed by atoms with Crippen LogP contribution in [-0.2, 0) is 17.4 Å². The fourth-order valence-electron chi connectivity index (χ4n) is 3.67. The molecule has 0 aliphatic carbocycles. The van der Waals surface area contributed by atoms with Gasteiger partial charge in [0.15, 0.2) is 5.58 Å². The fourth-order valence-corrected chi connectivity index (χ4v) is 4.48. The number of aryl methyl sites for hydroxylation is 1. The Kier molecular flexibility index (Phi) is 6.03. The number of fused-ring (bicyclic) bond motifs is 1. The van der Waals surface area contributed by atoms with Crippen LogP contribution >= 0.6 is 0 Å². The van der Waals surface area contributed by atoms with E-state index >= 15 is 0 Å². The van der Waals surface area contributed by atoms with Gasteiger partial charge in [0.1, 0.15) is 5.69 Å². The van der Waals surface area contributed by atoms with Gasteiger partial charge in [-0.15, -0.1) is 0 Å². The van der Waals surface area contributed by atoms with E-state index in [-0.39, 0.29) is 6.04 Å². The minimum Gasteiger partial charge on any atom is -0.356 e. The molecule has 0 aliphatic heterocycles. The van der Waals surface area contributed by atoms with Crippen molar-refractivity contribution in [3.63, 3.8) is 0 Å². The molecule has 0 amide bonds. The average Bonchev–Trinajstić information content (AvgIpc) is 3.17. The normalized spacial score (nSPS) is 13.9. The first-order valence-corrected chi connectivity index (χ1v) is 11.5. The van der Waals surface area contributed by atoms with Crippen molar-refractivity contribution in [3.8, 4) is 11.3 Å². The van der Waals surface area contributed by atoms with Gasteiger partial charge in [0.05, 0.1) is 21.8 Å². The first kappa shape index (κ1) is 21.4. The third-order valence-corrected chi connectivity index (χ3v) is 6.86. The zero-order chi connectivity index (χ0) is 22.0. The predicted octanol–water partition coefficient (Wildman–Crippen LogP) is 5.53. The molecule has 4 aromatic rings. The number of aromatic nitrogens is 2. The summed E-state index contributed by atoms with van der Waals surface area (Å²) in [5.41, 5.74) is 5.62. The Morgan fingerprint density at radius 1 is 1.03 bits per heavy atom. The van der Waals surface area contributed by atoms with Crippen molar-refractivity contribution in [1.82, 2.24) is 14.9 Å².